The summed E-state index contributed by atoms with van der Waals surface area (Å²) >= 11 is 0. The van der Waals surface area contributed by atoms with Crippen LogP contribution in [0.4, 0.5) is 5.69 Å². The van der Waals surface area contributed by atoms with Crippen LogP contribution in [-0.4, -0.2) is 43.5 Å². The number of para-hydroxylation sites is 1. The third-order valence-electron chi connectivity index (χ3n) is 5.62. The van der Waals surface area contributed by atoms with Gasteiger partial charge in [-0.25, -0.2) is 0 Å². The molecule has 0 aromatic heterocycles. The van der Waals surface area contributed by atoms with Crippen molar-refractivity contribution in [3.63, 3.8) is 0 Å². The first-order valence-corrected chi connectivity index (χ1v) is 9.50. The number of methoxy groups -OCH3 is 1. The summed E-state index contributed by atoms with van der Waals surface area (Å²) in [5.74, 6) is 0.962. The Morgan fingerprint density at radius 3 is 2.37 bits per heavy atom. The van der Waals surface area contributed by atoms with Gasteiger partial charge in [0.05, 0.1) is 7.11 Å². The molecule has 0 saturated carbocycles. The van der Waals surface area contributed by atoms with Crippen molar-refractivity contribution in [1.29, 1.82) is 0 Å². The third-order valence-corrected chi connectivity index (χ3v) is 5.62. The molecule has 0 bridgehead atoms. The van der Waals surface area contributed by atoms with Gasteiger partial charge in [-0.1, -0.05) is 18.2 Å². The van der Waals surface area contributed by atoms with Gasteiger partial charge in [-0.15, -0.1) is 0 Å². The number of benzene rings is 2. The molecular weight excluding hydrogens is 340 g/mol. The Labute approximate surface area is 159 Å². The van der Waals surface area contributed by atoms with E-state index in [1.807, 2.05) is 28.0 Å². The normalized spacial score (nSPS) is 16.9. The minimum Gasteiger partial charge on any atom is -0.497 e. The van der Waals surface area contributed by atoms with Crippen LogP contribution in [0.2, 0.25) is 0 Å². The second kappa shape index (κ2) is 7.43. The van der Waals surface area contributed by atoms with Gasteiger partial charge in [0, 0.05) is 36.8 Å². The number of amides is 2. The van der Waals surface area contributed by atoms with Gasteiger partial charge in [-0.3, -0.25) is 9.59 Å². The number of hydrogen-bond acceptors (Lipinski definition) is 3. The number of rotatable bonds is 3. The number of nitrogens with zero attached hydrogens (tertiary/aromatic N) is 2. The van der Waals surface area contributed by atoms with Gasteiger partial charge in [-0.2, -0.15) is 0 Å². The third kappa shape index (κ3) is 3.42. The monoisotopic (exact) mass is 364 g/mol. The molecule has 140 valence electrons. The van der Waals surface area contributed by atoms with Crippen LogP contribution in [0.15, 0.2) is 48.5 Å². The predicted molar refractivity (Wildman–Crippen MR) is 104 cm³/mol. The number of ether oxygens (including phenoxy) is 1. The zero-order valence-corrected chi connectivity index (χ0v) is 15.6. The van der Waals surface area contributed by atoms with E-state index in [1.54, 1.807) is 31.4 Å². The molecule has 5 heteroatoms. The van der Waals surface area contributed by atoms with Crippen LogP contribution in [0.25, 0.3) is 0 Å². The number of carbonyl (C=O) groups is 2. The van der Waals surface area contributed by atoms with Gasteiger partial charge in [0.15, 0.2) is 0 Å². The lowest BCUT2D eigenvalue weighted by molar-refractivity contribution is -0.123. The first-order valence-electron chi connectivity index (χ1n) is 9.50. The molecule has 27 heavy (non-hydrogen) atoms. The van der Waals surface area contributed by atoms with Crippen molar-refractivity contribution in [2.24, 2.45) is 5.92 Å². The summed E-state index contributed by atoms with van der Waals surface area (Å²) in [6.07, 6.45) is 2.37. The maximum Gasteiger partial charge on any atom is 0.253 e. The summed E-state index contributed by atoms with van der Waals surface area (Å²) in [6, 6.07) is 15.3. The Hall–Kier alpha value is -2.82. The largest absolute Gasteiger partial charge is 0.497 e. The molecule has 0 atom stereocenters. The molecule has 2 aliphatic heterocycles. The quantitative estimate of drug-likeness (QED) is 0.841. The van der Waals surface area contributed by atoms with Crippen LogP contribution in [0.5, 0.6) is 5.75 Å². The molecule has 2 aromatic carbocycles. The highest BCUT2D eigenvalue weighted by Gasteiger charge is 2.33. The highest BCUT2D eigenvalue weighted by atomic mass is 16.5. The predicted octanol–water partition coefficient (Wildman–Crippen LogP) is 3.14. The summed E-state index contributed by atoms with van der Waals surface area (Å²) in [6.45, 7) is 2.01. The van der Waals surface area contributed by atoms with Gasteiger partial charge in [-0.05, 0) is 55.2 Å². The van der Waals surface area contributed by atoms with Crippen LogP contribution in [0, 0.1) is 5.92 Å². The lowest BCUT2D eigenvalue weighted by atomic mass is 9.94. The molecule has 0 unspecified atom stereocenters. The first kappa shape index (κ1) is 17.6. The van der Waals surface area contributed by atoms with Crippen molar-refractivity contribution in [3.8, 4) is 5.75 Å². The average Bonchev–Trinajstić information content (AvgIpc) is 3.17. The zero-order chi connectivity index (χ0) is 18.8. The maximum absolute atomic E-state index is 13.0. The lowest BCUT2D eigenvalue weighted by Gasteiger charge is -2.33. The molecule has 5 nitrogen and oxygen atoms in total. The Balaban J connectivity index is 1.37. The Bertz CT molecular complexity index is 839. The topological polar surface area (TPSA) is 49.9 Å². The second-order valence-corrected chi connectivity index (χ2v) is 7.16. The SMILES string of the molecule is COc1ccc(C(=O)N2CCC(C(=O)N3CCc4ccccc43)CC2)cc1. The fourth-order valence-corrected chi connectivity index (χ4v) is 4.03. The van der Waals surface area contributed by atoms with Crippen molar-refractivity contribution in [3.05, 3.63) is 59.7 Å². The molecule has 4 rings (SSSR count). The van der Waals surface area contributed by atoms with Crippen molar-refractivity contribution in [2.45, 2.75) is 19.3 Å². The summed E-state index contributed by atoms with van der Waals surface area (Å²) in [5, 5.41) is 0. The van der Waals surface area contributed by atoms with Crippen molar-refractivity contribution in [2.75, 3.05) is 31.6 Å². The smallest absolute Gasteiger partial charge is 0.253 e. The first-order chi connectivity index (χ1) is 13.2. The fourth-order valence-electron chi connectivity index (χ4n) is 4.03. The molecule has 0 radical (unpaired) electrons. The summed E-state index contributed by atoms with van der Waals surface area (Å²) in [5.41, 5.74) is 2.96. The minimum absolute atomic E-state index is 0.00364. The number of piperidine rings is 1. The van der Waals surface area contributed by atoms with Gasteiger partial charge in [0.1, 0.15) is 5.75 Å². The average molecular weight is 364 g/mol. The van der Waals surface area contributed by atoms with E-state index in [-0.39, 0.29) is 17.7 Å². The van der Waals surface area contributed by atoms with E-state index in [9.17, 15) is 9.59 Å². The minimum atomic E-state index is -0.00364. The van der Waals surface area contributed by atoms with E-state index in [1.165, 1.54) is 5.56 Å². The molecule has 2 aromatic rings. The Morgan fingerprint density at radius 1 is 0.963 bits per heavy atom. The van der Waals surface area contributed by atoms with Crippen LogP contribution < -0.4 is 9.64 Å². The van der Waals surface area contributed by atoms with Crippen LogP contribution in [-0.2, 0) is 11.2 Å². The lowest BCUT2D eigenvalue weighted by Crippen LogP contribution is -2.44. The van der Waals surface area contributed by atoms with Crippen LogP contribution >= 0.6 is 0 Å². The molecule has 2 heterocycles. The van der Waals surface area contributed by atoms with Crippen molar-refractivity contribution in [1.82, 2.24) is 4.90 Å². The van der Waals surface area contributed by atoms with Crippen LogP contribution in [0.1, 0.15) is 28.8 Å². The highest BCUT2D eigenvalue weighted by Crippen LogP contribution is 2.31. The van der Waals surface area contributed by atoms with E-state index in [0.717, 1.165) is 37.2 Å². The molecule has 1 saturated heterocycles. The van der Waals surface area contributed by atoms with Crippen molar-refractivity contribution >= 4 is 17.5 Å². The number of carbonyl (C=O) groups excluding carboxylic acids is 2. The van der Waals surface area contributed by atoms with E-state index < -0.39 is 0 Å². The Morgan fingerprint density at radius 2 is 1.67 bits per heavy atom. The maximum atomic E-state index is 13.0. The van der Waals surface area contributed by atoms with Gasteiger partial charge in [0.2, 0.25) is 5.91 Å². The fraction of sp³-hybridized carbons (Fsp3) is 0.364. The molecular formula is C22H24N2O3. The van der Waals surface area contributed by atoms with E-state index in [0.29, 0.717) is 18.7 Å². The van der Waals surface area contributed by atoms with Crippen molar-refractivity contribution < 1.29 is 14.3 Å². The molecule has 0 aliphatic carbocycles. The highest BCUT2D eigenvalue weighted by molar-refractivity contribution is 5.97. The van der Waals surface area contributed by atoms with Gasteiger partial charge < -0.3 is 14.5 Å². The number of fused-ring (bicyclic) bond motifs is 1. The van der Waals surface area contributed by atoms with E-state index in [4.69, 9.17) is 4.74 Å². The standard InChI is InChI=1S/C22H24N2O3/c1-27-19-8-6-17(7-9-19)21(25)23-13-10-18(11-14-23)22(26)24-15-12-16-4-2-3-5-20(16)24/h2-9,18H,10-15H2,1H3. The summed E-state index contributed by atoms with van der Waals surface area (Å²) < 4.78 is 5.14. The number of likely N-dealkylation sites (tertiary alicyclic amines) is 1. The van der Waals surface area contributed by atoms with E-state index >= 15 is 0 Å². The zero-order valence-electron chi connectivity index (χ0n) is 15.6. The summed E-state index contributed by atoms with van der Waals surface area (Å²) in [7, 11) is 1.61. The van der Waals surface area contributed by atoms with Crippen LogP contribution in [0.3, 0.4) is 0 Å². The Kier molecular flexibility index (Phi) is 4.84. The molecule has 0 N–H and O–H groups in total. The molecule has 2 amide bonds. The van der Waals surface area contributed by atoms with E-state index in [2.05, 4.69) is 6.07 Å². The molecule has 0 spiro atoms. The molecule has 2 aliphatic rings. The van der Waals surface area contributed by atoms with Gasteiger partial charge in [0.25, 0.3) is 5.91 Å². The summed E-state index contributed by atoms with van der Waals surface area (Å²) in [4.78, 5) is 29.5. The number of hydrogen-bond donors (Lipinski definition) is 0. The number of anilines is 1. The van der Waals surface area contributed by atoms with Gasteiger partial charge >= 0.3 is 0 Å². The molecule has 1 fully saturated rings. The second-order valence-electron chi connectivity index (χ2n) is 7.16.